The standard InChI is InChI=1S/C32H27NO4/c1-32(2)17-24-28(25(34)18-32)27(29-30(33-24)22-10-6-7-11-23(22)31(29)36)20-12-14-21(15-13-20)37-26(35)16-19-8-4-3-5-9-19/h3-15,27,33H,16-18H2,1-2H3/t27-/m1/s1. The lowest BCUT2D eigenvalue weighted by molar-refractivity contribution is -0.133. The molecule has 3 aromatic carbocycles. The van der Waals surface area contributed by atoms with Crippen molar-refractivity contribution in [3.05, 3.63) is 118 Å². The van der Waals surface area contributed by atoms with E-state index in [1.54, 1.807) is 12.1 Å². The number of ketones is 2. The molecule has 5 nitrogen and oxygen atoms in total. The summed E-state index contributed by atoms with van der Waals surface area (Å²) in [5, 5.41) is 3.50. The number of Topliss-reactive ketones (excluding diaryl/α,β-unsaturated/α-hetero) is 2. The van der Waals surface area contributed by atoms with Crippen LogP contribution in [0.1, 0.15) is 59.7 Å². The molecule has 5 heteroatoms. The topological polar surface area (TPSA) is 72.5 Å². The van der Waals surface area contributed by atoms with Crippen molar-refractivity contribution in [3.63, 3.8) is 0 Å². The molecule has 0 fully saturated rings. The van der Waals surface area contributed by atoms with Gasteiger partial charge < -0.3 is 10.1 Å². The largest absolute Gasteiger partial charge is 0.426 e. The SMILES string of the molecule is CC1(C)CC(=O)C2=C(C1)NC1=C(C(=O)c3ccccc31)[C@@H]2c1ccc(OC(=O)Cc2ccccc2)cc1. The first-order valence-electron chi connectivity index (χ1n) is 12.6. The van der Waals surface area contributed by atoms with E-state index in [-0.39, 0.29) is 29.4 Å². The monoisotopic (exact) mass is 489 g/mol. The molecule has 0 unspecified atom stereocenters. The fourth-order valence-corrected chi connectivity index (χ4v) is 5.78. The maximum atomic E-state index is 13.6. The third-order valence-electron chi connectivity index (χ3n) is 7.36. The van der Waals surface area contributed by atoms with Crippen LogP contribution in [0.3, 0.4) is 0 Å². The Morgan fingerprint density at radius 3 is 2.27 bits per heavy atom. The van der Waals surface area contributed by atoms with Gasteiger partial charge in [-0.25, -0.2) is 0 Å². The van der Waals surface area contributed by atoms with Crippen molar-refractivity contribution in [1.29, 1.82) is 0 Å². The number of ether oxygens (including phenoxy) is 1. The number of hydrogen-bond acceptors (Lipinski definition) is 5. The number of dihydropyridines is 1. The average Bonchev–Trinajstić information content (AvgIpc) is 3.15. The number of carbonyl (C=O) groups is 3. The summed E-state index contributed by atoms with van der Waals surface area (Å²) in [6, 6.07) is 24.2. The summed E-state index contributed by atoms with van der Waals surface area (Å²) < 4.78 is 5.56. The van der Waals surface area contributed by atoms with Gasteiger partial charge in [0.1, 0.15) is 5.75 Å². The molecule has 0 aromatic heterocycles. The van der Waals surface area contributed by atoms with E-state index in [1.807, 2.05) is 66.7 Å². The van der Waals surface area contributed by atoms with Gasteiger partial charge in [-0.15, -0.1) is 0 Å². The van der Waals surface area contributed by atoms with Crippen molar-refractivity contribution in [3.8, 4) is 5.75 Å². The van der Waals surface area contributed by atoms with Crippen molar-refractivity contribution >= 4 is 23.2 Å². The van der Waals surface area contributed by atoms with Crippen LogP contribution in [0.15, 0.2) is 95.7 Å². The Kier molecular flexibility index (Phi) is 5.45. The van der Waals surface area contributed by atoms with E-state index in [4.69, 9.17) is 4.74 Å². The normalized spacial score (nSPS) is 19.7. The molecule has 0 spiro atoms. The molecule has 0 amide bonds. The van der Waals surface area contributed by atoms with Crippen LogP contribution in [0, 0.1) is 5.41 Å². The number of rotatable bonds is 4. The Morgan fingerprint density at radius 2 is 1.54 bits per heavy atom. The molecule has 1 atom stereocenters. The maximum Gasteiger partial charge on any atom is 0.315 e. The minimum Gasteiger partial charge on any atom is -0.426 e. The Hall–Kier alpha value is -4.25. The highest BCUT2D eigenvalue weighted by Gasteiger charge is 2.46. The van der Waals surface area contributed by atoms with Crippen molar-refractivity contribution in [2.24, 2.45) is 5.41 Å². The Morgan fingerprint density at radius 1 is 0.865 bits per heavy atom. The number of fused-ring (bicyclic) bond motifs is 2. The number of allylic oxidation sites excluding steroid dienone is 3. The van der Waals surface area contributed by atoms with Crippen LogP contribution in [0.5, 0.6) is 5.75 Å². The van der Waals surface area contributed by atoms with Crippen LogP contribution in [0.25, 0.3) is 5.70 Å². The van der Waals surface area contributed by atoms with Gasteiger partial charge in [-0.3, -0.25) is 14.4 Å². The molecule has 2 aliphatic carbocycles. The number of esters is 1. The average molecular weight is 490 g/mol. The van der Waals surface area contributed by atoms with Crippen LogP contribution in [0.4, 0.5) is 0 Å². The number of benzene rings is 3. The summed E-state index contributed by atoms with van der Waals surface area (Å²) in [6.45, 7) is 4.20. The van der Waals surface area contributed by atoms with E-state index in [9.17, 15) is 14.4 Å². The number of nitrogens with one attached hydrogen (secondary N) is 1. The summed E-state index contributed by atoms with van der Waals surface area (Å²) in [5.74, 6) is -0.368. The zero-order valence-corrected chi connectivity index (χ0v) is 20.8. The summed E-state index contributed by atoms with van der Waals surface area (Å²) in [6.07, 6.45) is 1.34. The highest BCUT2D eigenvalue weighted by atomic mass is 16.5. The smallest absolute Gasteiger partial charge is 0.315 e. The molecular formula is C32H27NO4. The second-order valence-electron chi connectivity index (χ2n) is 10.8. The fraction of sp³-hybridized carbons (Fsp3) is 0.219. The minimum atomic E-state index is -0.469. The molecule has 3 aromatic rings. The molecule has 1 N–H and O–H groups in total. The van der Waals surface area contributed by atoms with Gasteiger partial charge in [0.05, 0.1) is 12.1 Å². The number of carbonyl (C=O) groups excluding carboxylic acids is 3. The first kappa shape index (κ1) is 23.2. The van der Waals surface area contributed by atoms with Crippen LogP contribution < -0.4 is 10.1 Å². The van der Waals surface area contributed by atoms with Gasteiger partial charge in [0.2, 0.25) is 0 Å². The van der Waals surface area contributed by atoms with Gasteiger partial charge in [-0.2, -0.15) is 0 Å². The van der Waals surface area contributed by atoms with Crippen LogP contribution in [0.2, 0.25) is 0 Å². The Bertz CT molecular complexity index is 1510. The third-order valence-corrected chi connectivity index (χ3v) is 7.36. The molecule has 37 heavy (non-hydrogen) atoms. The summed E-state index contributed by atoms with van der Waals surface area (Å²) in [7, 11) is 0. The molecule has 0 radical (unpaired) electrons. The van der Waals surface area contributed by atoms with Crippen LogP contribution in [-0.4, -0.2) is 17.5 Å². The van der Waals surface area contributed by atoms with Crippen molar-refractivity contribution in [2.75, 3.05) is 0 Å². The lowest BCUT2D eigenvalue weighted by atomic mass is 9.68. The highest BCUT2D eigenvalue weighted by Crippen LogP contribution is 2.51. The van der Waals surface area contributed by atoms with E-state index in [1.165, 1.54) is 0 Å². The lowest BCUT2D eigenvalue weighted by Crippen LogP contribution is -2.37. The maximum absolute atomic E-state index is 13.6. The predicted molar refractivity (Wildman–Crippen MR) is 141 cm³/mol. The fourth-order valence-electron chi connectivity index (χ4n) is 5.78. The van der Waals surface area contributed by atoms with Crippen molar-refractivity contribution < 1.29 is 19.1 Å². The summed E-state index contributed by atoms with van der Waals surface area (Å²) in [5.41, 5.74) is 6.07. The van der Waals surface area contributed by atoms with Gasteiger partial charge in [0.15, 0.2) is 11.6 Å². The zero-order valence-electron chi connectivity index (χ0n) is 20.8. The van der Waals surface area contributed by atoms with Gasteiger partial charge >= 0.3 is 5.97 Å². The predicted octanol–water partition coefficient (Wildman–Crippen LogP) is 5.77. The second-order valence-corrected chi connectivity index (χ2v) is 10.8. The van der Waals surface area contributed by atoms with Crippen molar-refractivity contribution in [2.45, 2.75) is 39.0 Å². The molecule has 3 aliphatic rings. The van der Waals surface area contributed by atoms with Gasteiger partial charge in [-0.1, -0.05) is 80.6 Å². The van der Waals surface area contributed by atoms with E-state index in [0.29, 0.717) is 28.9 Å². The molecule has 0 bridgehead atoms. The minimum absolute atomic E-state index is 0.0503. The molecule has 1 heterocycles. The Labute approximate surface area is 215 Å². The van der Waals surface area contributed by atoms with Gasteiger partial charge in [0, 0.05) is 40.3 Å². The Balaban J connectivity index is 1.35. The van der Waals surface area contributed by atoms with Crippen LogP contribution >= 0.6 is 0 Å². The quantitative estimate of drug-likeness (QED) is 0.372. The molecule has 0 saturated heterocycles. The summed E-state index contributed by atoms with van der Waals surface area (Å²) in [4.78, 5) is 39.5. The van der Waals surface area contributed by atoms with E-state index < -0.39 is 5.92 Å². The second kappa shape index (κ2) is 8.70. The summed E-state index contributed by atoms with van der Waals surface area (Å²) >= 11 is 0. The van der Waals surface area contributed by atoms with Gasteiger partial charge in [-0.05, 0) is 35.1 Å². The molecular weight excluding hydrogens is 462 g/mol. The molecule has 6 rings (SSSR count). The first-order chi connectivity index (χ1) is 17.8. The first-order valence-corrected chi connectivity index (χ1v) is 12.6. The number of hydrogen-bond donors (Lipinski definition) is 1. The van der Waals surface area contributed by atoms with E-state index >= 15 is 0 Å². The molecule has 1 aliphatic heterocycles. The van der Waals surface area contributed by atoms with E-state index in [0.717, 1.165) is 34.5 Å². The van der Waals surface area contributed by atoms with Crippen molar-refractivity contribution in [1.82, 2.24) is 5.32 Å². The molecule has 0 saturated carbocycles. The van der Waals surface area contributed by atoms with Gasteiger partial charge in [0.25, 0.3) is 0 Å². The van der Waals surface area contributed by atoms with E-state index in [2.05, 4.69) is 19.2 Å². The third kappa shape index (κ3) is 4.10. The highest BCUT2D eigenvalue weighted by molar-refractivity contribution is 6.23. The zero-order chi connectivity index (χ0) is 25.7. The lowest BCUT2D eigenvalue weighted by Gasteiger charge is -2.39. The van der Waals surface area contributed by atoms with Crippen LogP contribution in [-0.2, 0) is 16.0 Å². The molecule has 184 valence electrons.